The zero-order valence-corrected chi connectivity index (χ0v) is 12.6. The van der Waals surface area contributed by atoms with Gasteiger partial charge in [-0.1, -0.05) is 18.2 Å². The number of carbonyl (C=O) groups is 1. The Labute approximate surface area is 127 Å². The Kier molecular flexibility index (Phi) is 3.58. The van der Waals surface area contributed by atoms with Gasteiger partial charge in [0.2, 0.25) is 0 Å². The maximum absolute atomic E-state index is 12.3. The number of hydrogen-bond acceptors (Lipinski definition) is 3. The van der Waals surface area contributed by atoms with Crippen LogP contribution in [0.25, 0.3) is 10.6 Å². The summed E-state index contributed by atoms with van der Waals surface area (Å²) in [7, 11) is 1.85. The molecule has 4 nitrogen and oxygen atoms in total. The molecule has 21 heavy (non-hydrogen) atoms. The fourth-order valence-corrected chi connectivity index (χ4v) is 2.92. The summed E-state index contributed by atoms with van der Waals surface area (Å²) < 4.78 is 1.73. The van der Waals surface area contributed by atoms with Crippen LogP contribution in [0.15, 0.2) is 47.8 Å². The monoisotopic (exact) mass is 297 g/mol. The Morgan fingerprint density at radius 2 is 2.10 bits per heavy atom. The van der Waals surface area contributed by atoms with E-state index in [1.165, 1.54) is 0 Å². The summed E-state index contributed by atoms with van der Waals surface area (Å²) in [5.41, 5.74) is 3.25. The van der Waals surface area contributed by atoms with E-state index in [0.717, 1.165) is 21.8 Å². The molecule has 0 aliphatic heterocycles. The maximum atomic E-state index is 12.3. The molecule has 2 heterocycles. The Hall–Kier alpha value is -2.40. The van der Waals surface area contributed by atoms with Crippen LogP contribution in [0.5, 0.6) is 0 Å². The van der Waals surface area contributed by atoms with Crippen molar-refractivity contribution in [3.63, 3.8) is 0 Å². The maximum Gasteiger partial charge on any atom is 0.276 e. The van der Waals surface area contributed by atoms with Gasteiger partial charge in [-0.25, -0.2) is 0 Å². The molecule has 3 aromatic rings. The van der Waals surface area contributed by atoms with Crippen molar-refractivity contribution in [1.29, 1.82) is 0 Å². The molecule has 0 aliphatic carbocycles. The standard InChI is InChI=1S/C16H15N3OS/c1-11-5-3-6-12(9-11)17-16(20)13-10-14(19(2)18-13)15-7-4-8-21-15/h3-10H,1-2H3,(H,17,20). The quantitative estimate of drug-likeness (QED) is 0.801. The van der Waals surface area contributed by atoms with E-state index in [2.05, 4.69) is 10.4 Å². The number of aryl methyl sites for hydroxylation is 2. The molecular formula is C16H15N3OS. The normalized spacial score (nSPS) is 10.6. The summed E-state index contributed by atoms with van der Waals surface area (Å²) in [4.78, 5) is 13.4. The largest absolute Gasteiger partial charge is 0.321 e. The van der Waals surface area contributed by atoms with Gasteiger partial charge >= 0.3 is 0 Å². The fourth-order valence-electron chi connectivity index (χ4n) is 2.15. The SMILES string of the molecule is Cc1cccc(NC(=O)c2cc(-c3cccs3)n(C)n2)c1. The molecule has 0 atom stereocenters. The average Bonchev–Trinajstić information content (AvgIpc) is 3.07. The molecule has 1 aromatic carbocycles. The van der Waals surface area contributed by atoms with Crippen LogP contribution >= 0.6 is 11.3 Å². The zero-order valence-electron chi connectivity index (χ0n) is 11.8. The van der Waals surface area contributed by atoms with Gasteiger partial charge in [-0.3, -0.25) is 9.48 Å². The first-order valence-corrected chi connectivity index (χ1v) is 7.47. The molecule has 0 spiro atoms. The minimum atomic E-state index is -0.195. The molecule has 5 heteroatoms. The number of rotatable bonds is 3. The third-order valence-corrected chi connectivity index (χ3v) is 4.05. The van der Waals surface area contributed by atoms with E-state index in [4.69, 9.17) is 0 Å². The van der Waals surface area contributed by atoms with Crippen LogP contribution < -0.4 is 5.32 Å². The molecule has 3 rings (SSSR count). The first-order valence-electron chi connectivity index (χ1n) is 6.59. The number of aromatic nitrogens is 2. The molecule has 0 radical (unpaired) electrons. The first kappa shape index (κ1) is 13.6. The van der Waals surface area contributed by atoms with Crippen molar-refractivity contribution in [2.45, 2.75) is 6.92 Å². The van der Waals surface area contributed by atoms with Crippen molar-refractivity contribution in [2.24, 2.45) is 7.05 Å². The summed E-state index contributed by atoms with van der Waals surface area (Å²) in [6.45, 7) is 1.99. The van der Waals surface area contributed by atoms with Crippen molar-refractivity contribution in [3.8, 4) is 10.6 Å². The predicted octanol–water partition coefficient (Wildman–Crippen LogP) is 3.71. The van der Waals surface area contributed by atoms with E-state index in [9.17, 15) is 4.79 Å². The fraction of sp³-hybridized carbons (Fsp3) is 0.125. The molecule has 2 aromatic heterocycles. The van der Waals surface area contributed by atoms with E-state index in [1.807, 2.05) is 61.8 Å². The van der Waals surface area contributed by atoms with Gasteiger partial charge in [-0.15, -0.1) is 11.3 Å². The molecule has 1 N–H and O–H groups in total. The lowest BCUT2D eigenvalue weighted by atomic mass is 10.2. The summed E-state index contributed by atoms with van der Waals surface area (Å²) in [5, 5.41) is 9.18. The smallest absolute Gasteiger partial charge is 0.276 e. The Balaban J connectivity index is 1.84. The van der Waals surface area contributed by atoms with Crippen LogP contribution in [0, 0.1) is 6.92 Å². The predicted molar refractivity (Wildman–Crippen MR) is 85.7 cm³/mol. The van der Waals surface area contributed by atoms with Gasteiger partial charge in [0, 0.05) is 12.7 Å². The Morgan fingerprint density at radius 3 is 2.81 bits per heavy atom. The molecule has 0 bridgehead atoms. The number of carbonyl (C=O) groups excluding carboxylic acids is 1. The molecular weight excluding hydrogens is 282 g/mol. The second kappa shape index (κ2) is 5.54. The number of thiophene rings is 1. The van der Waals surface area contributed by atoms with Crippen LogP contribution in [-0.4, -0.2) is 15.7 Å². The highest BCUT2D eigenvalue weighted by Gasteiger charge is 2.14. The highest BCUT2D eigenvalue weighted by molar-refractivity contribution is 7.13. The molecule has 0 saturated carbocycles. The molecule has 106 valence electrons. The number of anilines is 1. The summed E-state index contributed by atoms with van der Waals surface area (Å²) in [6.07, 6.45) is 0. The minimum absolute atomic E-state index is 0.195. The third kappa shape index (κ3) is 2.87. The van der Waals surface area contributed by atoms with Crippen LogP contribution in [0.4, 0.5) is 5.69 Å². The summed E-state index contributed by atoms with van der Waals surface area (Å²) >= 11 is 1.63. The summed E-state index contributed by atoms with van der Waals surface area (Å²) in [5.74, 6) is -0.195. The van der Waals surface area contributed by atoms with Gasteiger partial charge in [0.15, 0.2) is 5.69 Å². The van der Waals surface area contributed by atoms with Gasteiger partial charge < -0.3 is 5.32 Å². The molecule has 0 fully saturated rings. The van der Waals surface area contributed by atoms with Crippen molar-refractivity contribution in [1.82, 2.24) is 9.78 Å². The topological polar surface area (TPSA) is 46.9 Å². The van der Waals surface area contributed by atoms with Gasteiger partial charge in [0.05, 0.1) is 10.6 Å². The first-order chi connectivity index (χ1) is 10.1. The number of nitrogens with zero attached hydrogens (tertiary/aromatic N) is 2. The van der Waals surface area contributed by atoms with Crippen molar-refractivity contribution in [2.75, 3.05) is 5.32 Å². The Bertz CT molecular complexity index is 775. The van der Waals surface area contributed by atoms with Crippen LogP contribution in [0.2, 0.25) is 0 Å². The van der Waals surface area contributed by atoms with E-state index in [0.29, 0.717) is 5.69 Å². The van der Waals surface area contributed by atoms with Crippen LogP contribution in [-0.2, 0) is 7.05 Å². The highest BCUT2D eigenvalue weighted by Crippen LogP contribution is 2.25. The van der Waals surface area contributed by atoms with E-state index in [-0.39, 0.29) is 5.91 Å². The molecule has 0 aliphatic rings. The summed E-state index contributed by atoms with van der Waals surface area (Å²) in [6, 6.07) is 13.5. The lowest BCUT2D eigenvalue weighted by Crippen LogP contribution is -2.13. The van der Waals surface area contributed by atoms with E-state index >= 15 is 0 Å². The van der Waals surface area contributed by atoms with Crippen LogP contribution in [0.1, 0.15) is 16.1 Å². The lowest BCUT2D eigenvalue weighted by Gasteiger charge is -2.03. The number of hydrogen-bond donors (Lipinski definition) is 1. The van der Waals surface area contributed by atoms with Gasteiger partial charge in [0.25, 0.3) is 5.91 Å². The van der Waals surface area contributed by atoms with E-state index < -0.39 is 0 Å². The minimum Gasteiger partial charge on any atom is -0.321 e. The third-order valence-electron chi connectivity index (χ3n) is 3.16. The highest BCUT2D eigenvalue weighted by atomic mass is 32.1. The van der Waals surface area contributed by atoms with Gasteiger partial charge in [-0.2, -0.15) is 5.10 Å². The van der Waals surface area contributed by atoms with Crippen LogP contribution in [0.3, 0.4) is 0 Å². The average molecular weight is 297 g/mol. The lowest BCUT2D eigenvalue weighted by molar-refractivity contribution is 0.102. The number of amides is 1. The second-order valence-electron chi connectivity index (χ2n) is 4.84. The Morgan fingerprint density at radius 1 is 1.24 bits per heavy atom. The van der Waals surface area contributed by atoms with E-state index in [1.54, 1.807) is 16.0 Å². The van der Waals surface area contributed by atoms with Crippen molar-refractivity contribution < 1.29 is 4.79 Å². The molecule has 0 unspecified atom stereocenters. The van der Waals surface area contributed by atoms with Crippen molar-refractivity contribution >= 4 is 22.9 Å². The van der Waals surface area contributed by atoms with Crippen molar-refractivity contribution in [3.05, 3.63) is 59.1 Å². The van der Waals surface area contributed by atoms with Gasteiger partial charge in [-0.05, 0) is 42.1 Å². The second-order valence-corrected chi connectivity index (χ2v) is 5.79. The molecule has 0 saturated heterocycles. The number of benzene rings is 1. The number of nitrogens with one attached hydrogen (secondary N) is 1. The van der Waals surface area contributed by atoms with Gasteiger partial charge in [0.1, 0.15) is 0 Å². The zero-order chi connectivity index (χ0) is 14.8. The molecule has 1 amide bonds.